The molecule has 2 aromatic carbocycles. The Hall–Kier alpha value is -3.20. The van der Waals surface area contributed by atoms with Gasteiger partial charge in [-0.1, -0.05) is 12.1 Å². The Balaban J connectivity index is 2.07. The maximum atomic E-state index is 14.1. The summed E-state index contributed by atoms with van der Waals surface area (Å²) in [7, 11) is 4.61. The van der Waals surface area contributed by atoms with Gasteiger partial charge in [-0.25, -0.2) is 9.49 Å². The molecule has 0 saturated carbocycles. The molecule has 0 amide bonds. The second-order valence-electron chi connectivity index (χ2n) is 5.34. The zero-order valence-electron chi connectivity index (χ0n) is 14.9. The zero-order chi connectivity index (χ0) is 19.4. The lowest BCUT2D eigenvalue weighted by Crippen LogP contribution is -1.99. The predicted molar refractivity (Wildman–Crippen MR) is 102 cm³/mol. The summed E-state index contributed by atoms with van der Waals surface area (Å²) in [6.45, 7) is 0. The van der Waals surface area contributed by atoms with E-state index in [1.807, 2.05) is 0 Å². The number of hydrogen-bond acceptors (Lipinski definition) is 6. The van der Waals surface area contributed by atoms with Gasteiger partial charge in [-0.15, -0.1) is 0 Å². The molecular weight excluding hydrogens is 371 g/mol. The third kappa shape index (κ3) is 3.68. The topological polar surface area (TPSA) is 73.7 Å². The quantitative estimate of drug-likeness (QED) is 0.515. The fraction of sp³-hybridized carbons (Fsp3) is 0.167. The Morgan fingerprint density at radius 1 is 1.07 bits per heavy atom. The van der Waals surface area contributed by atoms with E-state index in [4.69, 9.17) is 26.4 Å². The molecule has 9 heteroatoms. The normalized spacial score (nSPS) is 11.0. The van der Waals surface area contributed by atoms with Crippen molar-refractivity contribution in [1.29, 1.82) is 0 Å². The van der Waals surface area contributed by atoms with Crippen LogP contribution in [0.5, 0.6) is 17.2 Å². The maximum absolute atomic E-state index is 14.1. The van der Waals surface area contributed by atoms with Gasteiger partial charge >= 0.3 is 0 Å². The molecule has 1 N–H and O–H groups in total. The van der Waals surface area contributed by atoms with Crippen LogP contribution in [-0.4, -0.2) is 42.4 Å². The van der Waals surface area contributed by atoms with Crippen molar-refractivity contribution < 1.29 is 18.6 Å². The summed E-state index contributed by atoms with van der Waals surface area (Å²) in [6.07, 6.45) is 1.52. The van der Waals surface area contributed by atoms with Crippen LogP contribution in [0.4, 0.5) is 4.39 Å². The first-order chi connectivity index (χ1) is 13.1. The van der Waals surface area contributed by atoms with E-state index < -0.39 is 5.82 Å². The number of aromatic nitrogens is 3. The Morgan fingerprint density at radius 3 is 2.41 bits per heavy atom. The SMILES string of the molecule is COc1cc(OC)c(OC)cc1/C=N\n1c(-c2ccccc2F)n[nH]c1=S. The van der Waals surface area contributed by atoms with Gasteiger partial charge in [0, 0.05) is 11.6 Å². The minimum absolute atomic E-state index is 0.226. The highest BCUT2D eigenvalue weighted by molar-refractivity contribution is 7.71. The molecule has 3 rings (SSSR count). The number of rotatable bonds is 6. The van der Waals surface area contributed by atoms with Crippen molar-refractivity contribution in [1.82, 2.24) is 14.9 Å². The first-order valence-electron chi connectivity index (χ1n) is 7.85. The van der Waals surface area contributed by atoms with Crippen molar-refractivity contribution >= 4 is 18.4 Å². The van der Waals surface area contributed by atoms with Crippen molar-refractivity contribution in [2.24, 2.45) is 5.10 Å². The van der Waals surface area contributed by atoms with E-state index in [0.29, 0.717) is 22.8 Å². The second kappa shape index (κ2) is 8.00. The lowest BCUT2D eigenvalue weighted by molar-refractivity contribution is 0.349. The van der Waals surface area contributed by atoms with E-state index in [1.54, 1.807) is 30.3 Å². The van der Waals surface area contributed by atoms with E-state index in [1.165, 1.54) is 38.3 Å². The number of H-pyrrole nitrogens is 1. The first-order valence-corrected chi connectivity index (χ1v) is 8.26. The maximum Gasteiger partial charge on any atom is 0.216 e. The number of methoxy groups -OCH3 is 3. The van der Waals surface area contributed by atoms with Crippen LogP contribution in [-0.2, 0) is 0 Å². The van der Waals surface area contributed by atoms with Gasteiger partial charge in [-0.3, -0.25) is 0 Å². The number of hydrogen-bond donors (Lipinski definition) is 1. The lowest BCUT2D eigenvalue weighted by atomic mass is 10.2. The molecule has 0 fully saturated rings. The molecule has 0 spiro atoms. The lowest BCUT2D eigenvalue weighted by Gasteiger charge is -2.11. The fourth-order valence-corrected chi connectivity index (χ4v) is 2.67. The summed E-state index contributed by atoms with van der Waals surface area (Å²) >= 11 is 5.21. The van der Waals surface area contributed by atoms with Crippen LogP contribution in [0.2, 0.25) is 0 Å². The number of aromatic amines is 1. The Labute approximate surface area is 160 Å². The van der Waals surface area contributed by atoms with Crippen molar-refractivity contribution in [2.45, 2.75) is 0 Å². The van der Waals surface area contributed by atoms with E-state index in [-0.39, 0.29) is 16.2 Å². The molecule has 140 valence electrons. The molecule has 0 saturated heterocycles. The van der Waals surface area contributed by atoms with Crippen LogP contribution < -0.4 is 14.2 Å². The predicted octanol–water partition coefficient (Wildman–Crippen LogP) is 3.65. The number of halogens is 1. The average molecular weight is 388 g/mol. The van der Waals surface area contributed by atoms with E-state index in [2.05, 4.69) is 15.3 Å². The molecule has 1 aromatic heterocycles. The van der Waals surface area contributed by atoms with Crippen molar-refractivity contribution in [3.05, 3.63) is 52.5 Å². The first kappa shape index (κ1) is 18.6. The minimum Gasteiger partial charge on any atom is -0.496 e. The van der Waals surface area contributed by atoms with Crippen molar-refractivity contribution in [2.75, 3.05) is 21.3 Å². The molecule has 0 radical (unpaired) electrons. The van der Waals surface area contributed by atoms with Crippen LogP contribution in [0.3, 0.4) is 0 Å². The molecule has 1 heterocycles. The van der Waals surface area contributed by atoms with Crippen molar-refractivity contribution in [3.8, 4) is 28.6 Å². The van der Waals surface area contributed by atoms with Gasteiger partial charge in [0.2, 0.25) is 4.77 Å². The van der Waals surface area contributed by atoms with Gasteiger partial charge < -0.3 is 14.2 Å². The molecule has 0 aliphatic heterocycles. The third-order valence-electron chi connectivity index (χ3n) is 3.81. The Kier molecular flexibility index (Phi) is 5.51. The molecule has 0 bridgehead atoms. The van der Waals surface area contributed by atoms with Crippen LogP contribution in [0, 0.1) is 10.6 Å². The smallest absolute Gasteiger partial charge is 0.216 e. The van der Waals surface area contributed by atoms with Gasteiger partial charge in [0.05, 0.1) is 33.1 Å². The van der Waals surface area contributed by atoms with Gasteiger partial charge in [-0.2, -0.15) is 14.9 Å². The van der Waals surface area contributed by atoms with Gasteiger partial charge in [0.15, 0.2) is 17.3 Å². The van der Waals surface area contributed by atoms with E-state index in [9.17, 15) is 4.39 Å². The van der Waals surface area contributed by atoms with Gasteiger partial charge in [0.1, 0.15) is 11.6 Å². The van der Waals surface area contributed by atoms with E-state index >= 15 is 0 Å². The summed E-state index contributed by atoms with van der Waals surface area (Å²) in [5.74, 6) is 1.41. The van der Waals surface area contributed by atoms with Crippen LogP contribution >= 0.6 is 12.2 Å². The molecule has 27 heavy (non-hydrogen) atoms. The highest BCUT2D eigenvalue weighted by Crippen LogP contribution is 2.33. The summed E-state index contributed by atoms with van der Waals surface area (Å²) in [5, 5.41) is 11.1. The molecule has 7 nitrogen and oxygen atoms in total. The molecule has 0 aliphatic rings. The van der Waals surface area contributed by atoms with Crippen LogP contribution in [0.25, 0.3) is 11.4 Å². The number of benzene rings is 2. The monoisotopic (exact) mass is 388 g/mol. The van der Waals surface area contributed by atoms with E-state index in [0.717, 1.165) is 0 Å². The molecular formula is C18H17FN4O3S. The van der Waals surface area contributed by atoms with Gasteiger partial charge in [-0.05, 0) is 30.4 Å². The average Bonchev–Trinajstić information content (AvgIpc) is 3.06. The number of ether oxygens (including phenoxy) is 3. The summed E-state index contributed by atoms with van der Waals surface area (Å²) < 4.78 is 31.6. The van der Waals surface area contributed by atoms with Crippen LogP contribution in [0.1, 0.15) is 5.56 Å². The summed E-state index contributed by atoms with van der Waals surface area (Å²) in [5.41, 5.74) is 0.902. The largest absolute Gasteiger partial charge is 0.496 e. The number of nitrogens with zero attached hydrogens (tertiary/aromatic N) is 3. The Morgan fingerprint density at radius 2 is 1.74 bits per heavy atom. The number of nitrogens with one attached hydrogen (secondary N) is 1. The standard InChI is InChI=1S/C18H17FN4O3S/c1-24-14-9-16(26-3)15(25-2)8-11(14)10-20-23-17(21-22-18(23)27)12-6-4-5-7-13(12)19/h4-10H,1-3H3,(H,22,27)/b20-10-. The van der Waals surface area contributed by atoms with Crippen LogP contribution in [0.15, 0.2) is 41.5 Å². The van der Waals surface area contributed by atoms with Gasteiger partial charge in [0.25, 0.3) is 0 Å². The highest BCUT2D eigenvalue weighted by Gasteiger charge is 2.14. The second-order valence-corrected chi connectivity index (χ2v) is 5.72. The minimum atomic E-state index is -0.424. The third-order valence-corrected chi connectivity index (χ3v) is 4.08. The zero-order valence-corrected chi connectivity index (χ0v) is 15.7. The molecule has 0 unspecified atom stereocenters. The Bertz CT molecular complexity index is 1050. The highest BCUT2D eigenvalue weighted by atomic mass is 32.1. The van der Waals surface area contributed by atoms with Crippen molar-refractivity contribution in [3.63, 3.8) is 0 Å². The molecule has 0 atom stereocenters. The molecule has 3 aromatic rings. The summed E-state index contributed by atoms with van der Waals surface area (Å²) in [4.78, 5) is 0. The fourth-order valence-electron chi connectivity index (χ4n) is 2.49. The molecule has 0 aliphatic carbocycles. The summed E-state index contributed by atoms with van der Waals surface area (Å²) in [6, 6.07) is 9.66.